The summed E-state index contributed by atoms with van der Waals surface area (Å²) in [5, 5.41) is 2.51. The Balaban J connectivity index is 1.45. The fourth-order valence-corrected chi connectivity index (χ4v) is 4.35. The lowest BCUT2D eigenvalue weighted by Gasteiger charge is -2.17. The van der Waals surface area contributed by atoms with Crippen LogP contribution in [0.25, 0.3) is 16.5 Å². The second kappa shape index (κ2) is 7.91. The summed E-state index contributed by atoms with van der Waals surface area (Å²) in [4.78, 5) is 13.9. The van der Waals surface area contributed by atoms with Gasteiger partial charge < -0.3 is 9.64 Å². The number of carbonyl (C=O) groups excluding carboxylic acids is 1. The number of methoxy groups -OCH3 is 1. The normalized spacial score (nSPS) is 13.9. The monoisotopic (exact) mass is 412 g/mol. The van der Waals surface area contributed by atoms with Gasteiger partial charge in [-0.3, -0.25) is 4.79 Å². The minimum atomic E-state index is 0.180. The van der Waals surface area contributed by atoms with E-state index < -0.39 is 0 Å². The van der Waals surface area contributed by atoms with Gasteiger partial charge in [0, 0.05) is 31.6 Å². The molecule has 5 rings (SSSR count). The zero-order chi connectivity index (χ0) is 21.4. The summed E-state index contributed by atoms with van der Waals surface area (Å²) >= 11 is 0. The van der Waals surface area contributed by atoms with Crippen molar-refractivity contribution in [2.45, 2.75) is 26.3 Å². The standard InChI is InChI=1S/C26H26N3O2/c1-19-16-28(18-27(19)17-20-9-10-21-6-3-4-7-22(21)14-20)24-12-11-23(15-25(24)31-2)29-13-5-8-26(29)30/h3-4,6-7,9-12,14-16,18H,5,8,13,17H2,1-2H3/q+1. The summed E-state index contributed by atoms with van der Waals surface area (Å²) < 4.78 is 10.0. The van der Waals surface area contributed by atoms with Crippen LogP contribution in [0.1, 0.15) is 24.1 Å². The Kier molecular flexibility index (Phi) is 4.94. The molecule has 0 radical (unpaired) electrons. The number of ether oxygens (including phenoxy) is 1. The number of amides is 1. The Labute approximate surface area is 182 Å². The fraction of sp³-hybridized carbons (Fsp3) is 0.231. The lowest BCUT2D eigenvalue weighted by atomic mass is 10.1. The highest BCUT2D eigenvalue weighted by atomic mass is 16.5. The number of imidazole rings is 1. The molecule has 0 bridgehead atoms. The van der Waals surface area contributed by atoms with Crippen molar-refractivity contribution in [1.82, 2.24) is 4.57 Å². The number of aryl methyl sites for hydroxylation is 1. The number of hydrogen-bond donors (Lipinski definition) is 0. The molecule has 0 aliphatic carbocycles. The van der Waals surface area contributed by atoms with E-state index in [4.69, 9.17) is 4.74 Å². The molecule has 0 N–H and O–H groups in total. The number of anilines is 1. The van der Waals surface area contributed by atoms with Crippen molar-refractivity contribution in [3.8, 4) is 11.4 Å². The largest absolute Gasteiger partial charge is 0.492 e. The maximum atomic E-state index is 12.1. The molecule has 3 aromatic carbocycles. The van der Waals surface area contributed by atoms with Crippen LogP contribution < -0.4 is 14.2 Å². The van der Waals surface area contributed by atoms with Gasteiger partial charge >= 0.3 is 0 Å². The molecule has 4 aromatic rings. The average molecular weight is 413 g/mol. The number of fused-ring (bicyclic) bond motifs is 1. The summed E-state index contributed by atoms with van der Waals surface area (Å²) in [6.45, 7) is 3.68. The maximum absolute atomic E-state index is 12.1. The molecule has 5 heteroatoms. The molecule has 0 atom stereocenters. The van der Waals surface area contributed by atoms with Crippen molar-refractivity contribution in [2.24, 2.45) is 0 Å². The van der Waals surface area contributed by atoms with Crippen molar-refractivity contribution >= 4 is 22.4 Å². The lowest BCUT2D eigenvalue weighted by molar-refractivity contribution is -0.595. The minimum Gasteiger partial charge on any atom is -0.492 e. The summed E-state index contributed by atoms with van der Waals surface area (Å²) in [7, 11) is 1.67. The topological polar surface area (TPSA) is 38.4 Å². The molecule has 1 saturated heterocycles. The highest BCUT2D eigenvalue weighted by Gasteiger charge is 2.24. The highest BCUT2D eigenvalue weighted by Crippen LogP contribution is 2.29. The molecular weight excluding hydrogens is 386 g/mol. The van der Waals surface area contributed by atoms with Crippen LogP contribution in [0.3, 0.4) is 0 Å². The Morgan fingerprint density at radius 1 is 1.03 bits per heavy atom. The van der Waals surface area contributed by atoms with Gasteiger partial charge in [-0.1, -0.05) is 36.4 Å². The molecule has 1 amide bonds. The van der Waals surface area contributed by atoms with E-state index >= 15 is 0 Å². The third-order valence-electron chi connectivity index (χ3n) is 6.04. The molecule has 156 valence electrons. The first-order valence-corrected chi connectivity index (χ1v) is 10.7. The molecule has 1 aliphatic rings. The number of aromatic nitrogens is 2. The van der Waals surface area contributed by atoms with Crippen molar-refractivity contribution in [3.05, 3.63) is 84.4 Å². The zero-order valence-electron chi connectivity index (χ0n) is 17.9. The second-order valence-electron chi connectivity index (χ2n) is 8.11. The molecular formula is C26H26N3O2+. The van der Waals surface area contributed by atoms with Crippen molar-refractivity contribution in [1.29, 1.82) is 0 Å². The quantitative estimate of drug-likeness (QED) is 0.456. The van der Waals surface area contributed by atoms with E-state index in [0.717, 1.165) is 42.3 Å². The van der Waals surface area contributed by atoms with E-state index in [9.17, 15) is 4.79 Å². The predicted octanol–water partition coefficient (Wildman–Crippen LogP) is 4.41. The van der Waals surface area contributed by atoms with Crippen LogP contribution >= 0.6 is 0 Å². The Morgan fingerprint density at radius 3 is 2.65 bits per heavy atom. The van der Waals surface area contributed by atoms with Crippen molar-refractivity contribution in [2.75, 3.05) is 18.6 Å². The molecule has 5 nitrogen and oxygen atoms in total. The first-order chi connectivity index (χ1) is 15.1. The molecule has 1 aliphatic heterocycles. The second-order valence-corrected chi connectivity index (χ2v) is 8.11. The van der Waals surface area contributed by atoms with E-state index in [1.807, 2.05) is 23.1 Å². The molecule has 1 aromatic heterocycles. The Hall–Kier alpha value is -3.60. The number of benzene rings is 3. The van der Waals surface area contributed by atoms with Crippen LogP contribution in [-0.2, 0) is 11.3 Å². The zero-order valence-corrected chi connectivity index (χ0v) is 17.9. The molecule has 31 heavy (non-hydrogen) atoms. The predicted molar refractivity (Wildman–Crippen MR) is 122 cm³/mol. The summed E-state index contributed by atoms with van der Waals surface area (Å²) in [6, 6.07) is 21.0. The van der Waals surface area contributed by atoms with Crippen LogP contribution in [0, 0.1) is 6.92 Å². The van der Waals surface area contributed by atoms with Crippen LogP contribution in [0.15, 0.2) is 73.2 Å². The van der Waals surface area contributed by atoms with Gasteiger partial charge in [-0.2, -0.15) is 4.57 Å². The molecule has 1 fully saturated rings. The number of nitrogens with zero attached hydrogens (tertiary/aromatic N) is 3. The lowest BCUT2D eigenvalue weighted by Crippen LogP contribution is -2.29. The van der Waals surface area contributed by atoms with Gasteiger partial charge in [-0.05, 0) is 41.0 Å². The number of rotatable bonds is 5. The molecule has 0 spiro atoms. The summed E-state index contributed by atoms with van der Waals surface area (Å²) in [5.74, 6) is 0.935. The van der Waals surface area contributed by atoms with Crippen LogP contribution in [0.5, 0.6) is 5.75 Å². The van der Waals surface area contributed by atoms with Gasteiger partial charge in [-0.25, -0.2) is 4.57 Å². The van der Waals surface area contributed by atoms with E-state index in [1.165, 1.54) is 16.3 Å². The Bertz CT molecular complexity index is 1270. The van der Waals surface area contributed by atoms with Crippen molar-refractivity contribution in [3.63, 3.8) is 0 Å². The third kappa shape index (κ3) is 3.67. The fourth-order valence-electron chi connectivity index (χ4n) is 4.35. The molecule has 0 saturated carbocycles. The van der Waals surface area contributed by atoms with Gasteiger partial charge in [0.2, 0.25) is 12.2 Å². The van der Waals surface area contributed by atoms with Gasteiger partial charge in [0.05, 0.1) is 7.11 Å². The van der Waals surface area contributed by atoms with Crippen LogP contribution in [0.4, 0.5) is 5.69 Å². The summed E-state index contributed by atoms with van der Waals surface area (Å²) in [5.41, 5.74) is 4.28. The minimum absolute atomic E-state index is 0.180. The number of hydrogen-bond acceptors (Lipinski definition) is 2. The van der Waals surface area contributed by atoms with Gasteiger partial charge in [0.15, 0.2) is 11.4 Å². The van der Waals surface area contributed by atoms with Crippen LogP contribution in [-0.4, -0.2) is 24.1 Å². The van der Waals surface area contributed by atoms with Gasteiger partial charge in [0.1, 0.15) is 18.4 Å². The van der Waals surface area contributed by atoms with E-state index in [0.29, 0.717) is 6.42 Å². The highest BCUT2D eigenvalue weighted by molar-refractivity contribution is 5.95. The first kappa shape index (κ1) is 19.4. The third-order valence-corrected chi connectivity index (χ3v) is 6.04. The van der Waals surface area contributed by atoms with E-state index in [-0.39, 0.29) is 5.91 Å². The Morgan fingerprint density at radius 2 is 1.87 bits per heavy atom. The smallest absolute Gasteiger partial charge is 0.249 e. The molecule has 2 heterocycles. The first-order valence-electron chi connectivity index (χ1n) is 10.7. The molecule has 0 unspecified atom stereocenters. The average Bonchev–Trinajstić information content (AvgIpc) is 3.38. The van der Waals surface area contributed by atoms with Gasteiger partial charge in [0.25, 0.3) is 0 Å². The maximum Gasteiger partial charge on any atom is 0.249 e. The van der Waals surface area contributed by atoms with Gasteiger partial charge in [-0.15, -0.1) is 0 Å². The van der Waals surface area contributed by atoms with Crippen LogP contribution in [0.2, 0.25) is 0 Å². The van der Waals surface area contributed by atoms with Crippen molar-refractivity contribution < 1.29 is 14.1 Å². The number of carbonyl (C=O) groups is 1. The summed E-state index contributed by atoms with van der Waals surface area (Å²) in [6.07, 6.45) is 5.74. The van der Waals surface area contributed by atoms with E-state index in [1.54, 1.807) is 7.11 Å². The van der Waals surface area contributed by atoms with E-state index in [2.05, 4.69) is 71.0 Å². The SMILES string of the molecule is COc1cc(N2CCCC2=O)ccc1-[n+]1cc(C)n(Cc2ccc3ccccc3c2)c1.